The molecule has 8 heteroatoms. The van der Waals surface area contributed by atoms with Gasteiger partial charge in [0.15, 0.2) is 5.82 Å². The van der Waals surface area contributed by atoms with Gasteiger partial charge in [-0.3, -0.25) is 4.79 Å². The van der Waals surface area contributed by atoms with Crippen LogP contribution in [0.2, 0.25) is 0 Å². The van der Waals surface area contributed by atoms with Crippen molar-refractivity contribution in [2.24, 2.45) is 0 Å². The van der Waals surface area contributed by atoms with Gasteiger partial charge in [0.25, 0.3) is 5.91 Å². The van der Waals surface area contributed by atoms with E-state index in [2.05, 4.69) is 20.0 Å². The summed E-state index contributed by atoms with van der Waals surface area (Å²) in [5, 5.41) is 4.23. The van der Waals surface area contributed by atoms with Crippen molar-refractivity contribution < 1.29 is 9.53 Å². The van der Waals surface area contributed by atoms with Gasteiger partial charge in [-0.1, -0.05) is 0 Å². The first-order valence-electron chi connectivity index (χ1n) is 8.72. The summed E-state index contributed by atoms with van der Waals surface area (Å²) < 4.78 is 7.25. The third-order valence-corrected chi connectivity index (χ3v) is 4.67. The van der Waals surface area contributed by atoms with E-state index in [1.54, 1.807) is 10.9 Å². The zero-order chi connectivity index (χ0) is 17.2. The Bertz CT molecular complexity index is 734. The molecule has 2 aliphatic rings. The number of nitrogens with zero attached hydrogens (tertiary/aromatic N) is 6. The lowest BCUT2D eigenvalue weighted by Gasteiger charge is -2.36. The average molecular weight is 342 g/mol. The minimum Gasteiger partial charge on any atom is -0.368 e. The standard InChI is InChI=1S/C17H22N6O2/c1-13-19-15(12-16(20-13)23-6-3-5-18-23)21-7-9-22(10-8-21)17(24)14-4-2-11-25-14/h3,5-6,12,14H,2,4,7-11H2,1H3. The molecule has 0 aliphatic carbocycles. The van der Waals surface area contributed by atoms with Crippen LogP contribution < -0.4 is 4.90 Å². The molecule has 1 amide bonds. The molecule has 0 saturated carbocycles. The van der Waals surface area contributed by atoms with Crippen LogP contribution in [0.3, 0.4) is 0 Å². The zero-order valence-corrected chi connectivity index (χ0v) is 14.3. The fraction of sp³-hybridized carbons (Fsp3) is 0.529. The predicted molar refractivity (Wildman–Crippen MR) is 91.7 cm³/mol. The first-order chi connectivity index (χ1) is 12.2. The predicted octanol–water partition coefficient (Wildman–Crippen LogP) is 0.798. The molecule has 2 aliphatic heterocycles. The van der Waals surface area contributed by atoms with Crippen LogP contribution in [0.5, 0.6) is 0 Å². The van der Waals surface area contributed by atoms with Crippen molar-refractivity contribution in [1.82, 2.24) is 24.6 Å². The van der Waals surface area contributed by atoms with E-state index in [0.29, 0.717) is 25.5 Å². The number of hydrogen-bond donors (Lipinski definition) is 0. The fourth-order valence-corrected chi connectivity index (χ4v) is 3.35. The van der Waals surface area contributed by atoms with Crippen LogP contribution >= 0.6 is 0 Å². The van der Waals surface area contributed by atoms with Gasteiger partial charge < -0.3 is 14.5 Å². The van der Waals surface area contributed by atoms with Crippen LogP contribution in [0.4, 0.5) is 5.82 Å². The van der Waals surface area contributed by atoms with Gasteiger partial charge in [0.1, 0.15) is 17.7 Å². The maximum atomic E-state index is 12.5. The van der Waals surface area contributed by atoms with Crippen molar-refractivity contribution in [1.29, 1.82) is 0 Å². The molecule has 0 radical (unpaired) electrons. The molecule has 2 saturated heterocycles. The third-order valence-electron chi connectivity index (χ3n) is 4.67. The summed E-state index contributed by atoms with van der Waals surface area (Å²) in [7, 11) is 0. The van der Waals surface area contributed by atoms with Crippen molar-refractivity contribution in [2.45, 2.75) is 25.9 Å². The maximum Gasteiger partial charge on any atom is 0.251 e. The van der Waals surface area contributed by atoms with Gasteiger partial charge >= 0.3 is 0 Å². The minimum absolute atomic E-state index is 0.133. The van der Waals surface area contributed by atoms with E-state index in [1.165, 1.54) is 0 Å². The number of rotatable bonds is 3. The summed E-state index contributed by atoms with van der Waals surface area (Å²) in [6.07, 6.45) is 5.18. The van der Waals surface area contributed by atoms with Crippen LogP contribution in [0, 0.1) is 6.92 Å². The number of aryl methyl sites for hydroxylation is 1. The highest BCUT2D eigenvalue weighted by Gasteiger charge is 2.30. The normalized spacial score (nSPS) is 20.9. The van der Waals surface area contributed by atoms with E-state index in [4.69, 9.17) is 4.74 Å². The summed E-state index contributed by atoms with van der Waals surface area (Å²) >= 11 is 0. The van der Waals surface area contributed by atoms with E-state index in [-0.39, 0.29) is 12.0 Å². The Kier molecular flexibility index (Phi) is 4.35. The Balaban J connectivity index is 1.45. The van der Waals surface area contributed by atoms with Gasteiger partial charge in [0, 0.05) is 51.2 Å². The molecule has 4 rings (SSSR count). The number of amides is 1. The van der Waals surface area contributed by atoms with Gasteiger partial charge in [-0.05, 0) is 25.8 Å². The highest BCUT2D eigenvalue weighted by atomic mass is 16.5. The molecule has 132 valence electrons. The first-order valence-corrected chi connectivity index (χ1v) is 8.72. The van der Waals surface area contributed by atoms with Gasteiger partial charge in [0.2, 0.25) is 0 Å². The number of carbonyl (C=O) groups excluding carboxylic acids is 1. The molecule has 0 spiro atoms. The minimum atomic E-state index is -0.237. The average Bonchev–Trinajstić information content (AvgIpc) is 3.34. The van der Waals surface area contributed by atoms with Crippen LogP contribution in [0.15, 0.2) is 24.5 Å². The smallest absolute Gasteiger partial charge is 0.251 e. The summed E-state index contributed by atoms with van der Waals surface area (Å²) in [5.74, 6) is 2.47. The van der Waals surface area contributed by atoms with Gasteiger partial charge in [-0.2, -0.15) is 5.10 Å². The first kappa shape index (κ1) is 16.0. The molecule has 8 nitrogen and oxygen atoms in total. The fourth-order valence-electron chi connectivity index (χ4n) is 3.35. The molecule has 2 aromatic rings. The van der Waals surface area contributed by atoms with Crippen molar-refractivity contribution in [3.05, 3.63) is 30.4 Å². The number of anilines is 1. The Labute approximate surface area is 146 Å². The van der Waals surface area contributed by atoms with E-state index in [1.807, 2.05) is 30.2 Å². The van der Waals surface area contributed by atoms with E-state index < -0.39 is 0 Å². The number of carbonyl (C=O) groups is 1. The van der Waals surface area contributed by atoms with Gasteiger partial charge in [-0.15, -0.1) is 0 Å². The Morgan fingerprint density at radius 2 is 2.00 bits per heavy atom. The second-order valence-corrected chi connectivity index (χ2v) is 6.40. The lowest BCUT2D eigenvalue weighted by molar-refractivity contribution is -0.141. The van der Waals surface area contributed by atoms with Crippen molar-refractivity contribution >= 4 is 11.7 Å². The summed E-state index contributed by atoms with van der Waals surface area (Å²) in [6, 6.07) is 3.81. The molecular formula is C17H22N6O2. The molecule has 4 heterocycles. The van der Waals surface area contributed by atoms with E-state index in [0.717, 1.165) is 37.6 Å². The Hall–Kier alpha value is -2.48. The zero-order valence-electron chi connectivity index (χ0n) is 14.3. The molecule has 25 heavy (non-hydrogen) atoms. The Morgan fingerprint density at radius 1 is 1.20 bits per heavy atom. The van der Waals surface area contributed by atoms with Crippen molar-refractivity contribution in [3.8, 4) is 5.82 Å². The second kappa shape index (κ2) is 6.79. The van der Waals surface area contributed by atoms with Crippen LogP contribution in [-0.4, -0.2) is 69.4 Å². The molecular weight excluding hydrogens is 320 g/mol. The molecule has 0 bridgehead atoms. The maximum absolute atomic E-state index is 12.5. The molecule has 2 fully saturated rings. The monoisotopic (exact) mass is 342 g/mol. The highest BCUT2D eigenvalue weighted by Crippen LogP contribution is 2.19. The number of aromatic nitrogens is 4. The molecule has 0 N–H and O–H groups in total. The third kappa shape index (κ3) is 3.34. The largest absolute Gasteiger partial charge is 0.368 e. The quantitative estimate of drug-likeness (QED) is 0.821. The second-order valence-electron chi connectivity index (χ2n) is 6.40. The molecule has 1 unspecified atom stereocenters. The van der Waals surface area contributed by atoms with Crippen LogP contribution in [0.25, 0.3) is 5.82 Å². The van der Waals surface area contributed by atoms with Crippen LogP contribution in [-0.2, 0) is 9.53 Å². The number of ether oxygens (including phenoxy) is 1. The Morgan fingerprint density at radius 3 is 2.68 bits per heavy atom. The van der Waals surface area contributed by atoms with E-state index >= 15 is 0 Å². The van der Waals surface area contributed by atoms with Crippen molar-refractivity contribution in [3.63, 3.8) is 0 Å². The summed E-state index contributed by atoms with van der Waals surface area (Å²) in [6.45, 7) is 5.49. The number of piperazine rings is 1. The molecule has 0 aromatic carbocycles. The van der Waals surface area contributed by atoms with Gasteiger partial charge in [-0.25, -0.2) is 14.6 Å². The van der Waals surface area contributed by atoms with Crippen molar-refractivity contribution in [2.75, 3.05) is 37.7 Å². The van der Waals surface area contributed by atoms with Gasteiger partial charge in [0.05, 0.1) is 0 Å². The summed E-state index contributed by atoms with van der Waals surface area (Å²) in [5.41, 5.74) is 0. The lowest BCUT2D eigenvalue weighted by Crippen LogP contribution is -2.51. The highest BCUT2D eigenvalue weighted by molar-refractivity contribution is 5.81. The molecule has 1 atom stereocenters. The lowest BCUT2D eigenvalue weighted by atomic mass is 10.2. The topological polar surface area (TPSA) is 76.4 Å². The van der Waals surface area contributed by atoms with E-state index in [9.17, 15) is 4.79 Å². The SMILES string of the molecule is Cc1nc(N2CCN(C(=O)C3CCCO3)CC2)cc(-n2cccn2)n1. The number of hydrogen-bond acceptors (Lipinski definition) is 6. The summed E-state index contributed by atoms with van der Waals surface area (Å²) in [4.78, 5) is 25.6. The molecule has 2 aromatic heterocycles. The van der Waals surface area contributed by atoms with Crippen LogP contribution in [0.1, 0.15) is 18.7 Å².